The minimum absolute atomic E-state index is 0.0177. The van der Waals surface area contributed by atoms with Gasteiger partial charge in [-0.25, -0.2) is 0 Å². The molecule has 0 aromatic carbocycles. The molecule has 0 heterocycles. The monoisotopic (exact) mass is 541 g/mol. The zero-order valence-corrected chi connectivity index (χ0v) is 26.2. The highest BCUT2D eigenvalue weighted by Crippen LogP contribution is 2.15. The van der Waals surface area contributed by atoms with Crippen LogP contribution in [0.25, 0.3) is 0 Å². The first-order valence-corrected chi connectivity index (χ1v) is 16.8. The molecule has 4 heteroatoms. The highest BCUT2D eigenvalue weighted by Gasteiger charge is 2.09. The van der Waals surface area contributed by atoms with Gasteiger partial charge < -0.3 is 18.9 Å². The van der Waals surface area contributed by atoms with E-state index in [-0.39, 0.29) is 6.29 Å². The van der Waals surface area contributed by atoms with Gasteiger partial charge in [-0.05, 0) is 44.6 Å². The van der Waals surface area contributed by atoms with Crippen molar-refractivity contribution in [2.45, 2.75) is 181 Å². The Labute approximate surface area is 239 Å². The number of methoxy groups -OCH3 is 1. The minimum atomic E-state index is 0.0177. The second kappa shape index (κ2) is 34.4. The van der Waals surface area contributed by atoms with Crippen LogP contribution in [0.2, 0.25) is 0 Å². The molecule has 38 heavy (non-hydrogen) atoms. The molecule has 0 saturated carbocycles. The van der Waals surface area contributed by atoms with Crippen molar-refractivity contribution in [3.8, 4) is 0 Å². The van der Waals surface area contributed by atoms with Gasteiger partial charge in [0.05, 0.1) is 6.26 Å². The molecule has 0 saturated heterocycles. The summed E-state index contributed by atoms with van der Waals surface area (Å²) in [6.07, 6.45) is 36.6. The maximum absolute atomic E-state index is 6.21. The summed E-state index contributed by atoms with van der Waals surface area (Å²) in [4.78, 5) is 0. The average Bonchev–Trinajstić information content (AvgIpc) is 2.93. The summed E-state index contributed by atoms with van der Waals surface area (Å²) in [6, 6.07) is 0. The van der Waals surface area contributed by atoms with Crippen molar-refractivity contribution < 1.29 is 18.9 Å². The molecule has 0 aromatic rings. The Morgan fingerprint density at radius 2 is 0.921 bits per heavy atom. The number of hydrogen-bond acceptors (Lipinski definition) is 4. The van der Waals surface area contributed by atoms with E-state index in [1.165, 1.54) is 148 Å². The topological polar surface area (TPSA) is 36.9 Å². The third kappa shape index (κ3) is 31.6. The predicted molar refractivity (Wildman–Crippen MR) is 165 cm³/mol. The fraction of sp³-hybridized carbons (Fsp3) is 0.941. The van der Waals surface area contributed by atoms with Gasteiger partial charge in [0.15, 0.2) is 13.1 Å². The van der Waals surface area contributed by atoms with Gasteiger partial charge >= 0.3 is 0 Å². The summed E-state index contributed by atoms with van der Waals surface area (Å²) in [5.41, 5.74) is 0. The van der Waals surface area contributed by atoms with Crippen LogP contribution in [0.15, 0.2) is 12.3 Å². The minimum Gasteiger partial charge on any atom is -0.476 e. The van der Waals surface area contributed by atoms with E-state index >= 15 is 0 Å². The lowest BCUT2D eigenvalue weighted by Gasteiger charge is -2.19. The highest BCUT2D eigenvalue weighted by molar-refractivity contribution is 4.72. The van der Waals surface area contributed by atoms with E-state index in [4.69, 9.17) is 18.9 Å². The van der Waals surface area contributed by atoms with Crippen molar-refractivity contribution >= 4 is 0 Å². The number of rotatable bonds is 33. The molecule has 0 fully saturated rings. The van der Waals surface area contributed by atoms with Crippen LogP contribution in [0.1, 0.15) is 174 Å². The van der Waals surface area contributed by atoms with Gasteiger partial charge in [-0.3, -0.25) is 0 Å². The summed E-state index contributed by atoms with van der Waals surface area (Å²) in [7, 11) is 1.64. The lowest BCUT2D eigenvalue weighted by atomic mass is 10.1. The van der Waals surface area contributed by atoms with Crippen LogP contribution in [0.4, 0.5) is 0 Å². The number of allylic oxidation sites excluding steroid dienone is 1. The zero-order chi connectivity index (χ0) is 27.6. The van der Waals surface area contributed by atoms with Crippen LogP contribution >= 0.6 is 0 Å². The Kier molecular flexibility index (Phi) is 33.9. The van der Waals surface area contributed by atoms with Crippen molar-refractivity contribution in [2.24, 2.45) is 0 Å². The van der Waals surface area contributed by atoms with Gasteiger partial charge in [0.1, 0.15) is 0 Å². The smallest absolute Gasteiger partial charge is 0.187 e. The van der Waals surface area contributed by atoms with Gasteiger partial charge in [0.25, 0.3) is 0 Å². The van der Waals surface area contributed by atoms with E-state index in [2.05, 4.69) is 19.9 Å². The maximum Gasteiger partial charge on any atom is 0.187 e. The molecule has 0 aliphatic rings. The van der Waals surface area contributed by atoms with E-state index in [1.54, 1.807) is 13.4 Å². The van der Waals surface area contributed by atoms with E-state index in [1.807, 2.05) is 0 Å². The second-order valence-corrected chi connectivity index (χ2v) is 11.1. The zero-order valence-electron chi connectivity index (χ0n) is 26.2. The third-order valence-corrected chi connectivity index (χ3v) is 7.29. The van der Waals surface area contributed by atoms with Crippen molar-refractivity contribution in [2.75, 3.05) is 27.1 Å². The predicted octanol–water partition coefficient (Wildman–Crippen LogP) is 11.3. The first kappa shape index (κ1) is 37.4. The van der Waals surface area contributed by atoms with Crippen molar-refractivity contribution in [1.29, 1.82) is 0 Å². The Morgan fingerprint density at radius 1 is 0.500 bits per heavy atom. The molecule has 228 valence electrons. The maximum atomic E-state index is 6.21. The first-order chi connectivity index (χ1) is 18.8. The SMILES string of the molecule is CCCCCCCCCOC(CCCCCCCCCCCC=COCOC)OCCCCCCCCC. The molecule has 0 unspecified atom stereocenters. The van der Waals surface area contributed by atoms with Crippen molar-refractivity contribution in [3.05, 3.63) is 12.3 Å². The molecule has 0 aromatic heterocycles. The molecule has 0 spiro atoms. The quantitative estimate of drug-likeness (QED) is 0.0471. The molecule has 0 bridgehead atoms. The van der Waals surface area contributed by atoms with Crippen molar-refractivity contribution in [3.63, 3.8) is 0 Å². The van der Waals surface area contributed by atoms with Gasteiger partial charge in [-0.1, -0.05) is 136 Å². The normalized spacial score (nSPS) is 11.8. The number of hydrogen-bond donors (Lipinski definition) is 0. The molecular weight excluding hydrogens is 472 g/mol. The first-order valence-electron chi connectivity index (χ1n) is 16.8. The van der Waals surface area contributed by atoms with Crippen LogP contribution in [0, 0.1) is 0 Å². The fourth-order valence-corrected chi connectivity index (χ4v) is 4.82. The molecule has 0 rings (SSSR count). The number of unbranched alkanes of at least 4 members (excludes halogenated alkanes) is 21. The molecule has 0 aliphatic carbocycles. The van der Waals surface area contributed by atoms with Gasteiger partial charge in [0, 0.05) is 20.3 Å². The summed E-state index contributed by atoms with van der Waals surface area (Å²) in [5, 5.41) is 0. The van der Waals surface area contributed by atoms with Crippen LogP contribution in [0.3, 0.4) is 0 Å². The van der Waals surface area contributed by atoms with Gasteiger partial charge in [-0.2, -0.15) is 0 Å². The van der Waals surface area contributed by atoms with Crippen LogP contribution in [-0.2, 0) is 18.9 Å². The summed E-state index contributed by atoms with van der Waals surface area (Å²) < 4.78 is 22.4. The van der Waals surface area contributed by atoms with E-state index in [0.29, 0.717) is 6.79 Å². The van der Waals surface area contributed by atoms with E-state index in [0.717, 1.165) is 26.1 Å². The average molecular weight is 541 g/mol. The molecule has 0 aliphatic heterocycles. The Morgan fingerprint density at radius 3 is 1.39 bits per heavy atom. The van der Waals surface area contributed by atoms with E-state index in [9.17, 15) is 0 Å². The molecule has 0 amide bonds. The van der Waals surface area contributed by atoms with Gasteiger partial charge in [-0.15, -0.1) is 0 Å². The molecular formula is C34H68O4. The molecule has 0 atom stereocenters. The third-order valence-electron chi connectivity index (χ3n) is 7.29. The van der Waals surface area contributed by atoms with Crippen LogP contribution in [-0.4, -0.2) is 33.4 Å². The fourth-order valence-electron chi connectivity index (χ4n) is 4.82. The second-order valence-electron chi connectivity index (χ2n) is 11.1. The Bertz CT molecular complexity index is 420. The van der Waals surface area contributed by atoms with Gasteiger partial charge in [0.2, 0.25) is 0 Å². The molecule has 4 nitrogen and oxygen atoms in total. The summed E-state index contributed by atoms with van der Waals surface area (Å²) >= 11 is 0. The van der Waals surface area contributed by atoms with Crippen LogP contribution in [0.5, 0.6) is 0 Å². The Hall–Kier alpha value is -0.580. The Balaban J connectivity index is 3.80. The van der Waals surface area contributed by atoms with Crippen LogP contribution < -0.4 is 0 Å². The summed E-state index contributed by atoms with van der Waals surface area (Å²) in [5.74, 6) is 0. The highest BCUT2D eigenvalue weighted by atomic mass is 16.7. The molecule has 0 radical (unpaired) electrons. The molecule has 0 N–H and O–H groups in total. The largest absolute Gasteiger partial charge is 0.476 e. The van der Waals surface area contributed by atoms with E-state index < -0.39 is 0 Å². The lowest BCUT2D eigenvalue weighted by Crippen LogP contribution is -2.19. The number of ether oxygens (including phenoxy) is 4. The van der Waals surface area contributed by atoms with Crippen molar-refractivity contribution in [1.82, 2.24) is 0 Å². The summed E-state index contributed by atoms with van der Waals surface area (Å²) in [6.45, 7) is 6.64. The lowest BCUT2D eigenvalue weighted by molar-refractivity contribution is -0.148. The standard InChI is InChI=1S/C34H68O4/c1-4-6-8-10-18-23-27-31-37-34(38-32-28-24-19-11-9-7-5-2)29-25-21-17-15-13-12-14-16-20-22-26-30-36-33-35-3/h26,30,34H,4-25,27-29,31-33H2,1-3H3.